The van der Waals surface area contributed by atoms with Crippen molar-refractivity contribution >= 4 is 16.8 Å². The van der Waals surface area contributed by atoms with Crippen LogP contribution in [-0.2, 0) is 6.42 Å². The highest BCUT2D eigenvalue weighted by atomic mass is 16.5. The van der Waals surface area contributed by atoms with Crippen molar-refractivity contribution in [1.29, 1.82) is 0 Å². The zero-order valence-electron chi connectivity index (χ0n) is 13.5. The number of hydrogen-bond donors (Lipinski definition) is 4. The van der Waals surface area contributed by atoms with Crippen LogP contribution in [-0.4, -0.2) is 52.6 Å². The van der Waals surface area contributed by atoms with E-state index in [1.165, 1.54) is 13.2 Å². The Bertz CT molecular complexity index is 898. The smallest absolute Gasteiger partial charge is 0.347 e. The second-order valence-corrected chi connectivity index (χ2v) is 5.92. The van der Waals surface area contributed by atoms with Gasteiger partial charge in [-0.25, -0.2) is 4.79 Å². The van der Waals surface area contributed by atoms with Crippen LogP contribution in [0.15, 0.2) is 15.3 Å². The summed E-state index contributed by atoms with van der Waals surface area (Å²) in [7, 11) is 1.37. The van der Waals surface area contributed by atoms with Gasteiger partial charge in [-0.2, -0.15) is 0 Å². The van der Waals surface area contributed by atoms with E-state index in [1.807, 2.05) is 0 Å². The number of ketones is 1. The van der Waals surface area contributed by atoms with Gasteiger partial charge in [0.25, 0.3) is 0 Å². The summed E-state index contributed by atoms with van der Waals surface area (Å²) in [4.78, 5) is 24.2. The Morgan fingerprint density at radius 2 is 1.96 bits per heavy atom. The molecule has 1 heterocycles. The maximum atomic E-state index is 12.3. The minimum Gasteiger partial charge on any atom is -0.507 e. The molecule has 1 aliphatic rings. The third kappa shape index (κ3) is 2.58. The highest BCUT2D eigenvalue weighted by Gasteiger charge is 2.33. The van der Waals surface area contributed by atoms with Crippen molar-refractivity contribution in [3.63, 3.8) is 0 Å². The number of methoxy groups -OCH3 is 1. The largest absolute Gasteiger partial charge is 0.507 e. The van der Waals surface area contributed by atoms with Gasteiger partial charge < -0.3 is 29.6 Å². The summed E-state index contributed by atoms with van der Waals surface area (Å²) in [6, 6.07) is 1.27. The number of aliphatic hydroxyl groups is 3. The maximum Gasteiger partial charge on any atom is 0.347 e. The van der Waals surface area contributed by atoms with Gasteiger partial charge in [-0.15, -0.1) is 0 Å². The number of phenols is 1. The van der Waals surface area contributed by atoms with Gasteiger partial charge in [0.15, 0.2) is 5.78 Å². The summed E-state index contributed by atoms with van der Waals surface area (Å²) in [5, 5.41) is 39.5. The van der Waals surface area contributed by atoms with Crippen molar-refractivity contribution in [2.75, 3.05) is 20.3 Å². The third-order valence-electron chi connectivity index (χ3n) is 4.58. The first kappa shape index (κ1) is 17.4. The molecule has 25 heavy (non-hydrogen) atoms. The van der Waals surface area contributed by atoms with Crippen molar-refractivity contribution in [2.45, 2.75) is 24.9 Å². The molecule has 3 rings (SSSR count). The van der Waals surface area contributed by atoms with Crippen molar-refractivity contribution in [3.8, 4) is 11.5 Å². The molecule has 0 bridgehead atoms. The normalized spacial score (nSPS) is 16.1. The van der Waals surface area contributed by atoms with Gasteiger partial charge in [0.05, 0.1) is 31.8 Å². The molecule has 2 unspecified atom stereocenters. The lowest BCUT2D eigenvalue weighted by molar-refractivity contribution is 0.0519. The monoisotopic (exact) mass is 350 g/mol. The molecule has 0 radical (unpaired) electrons. The number of ether oxygens (including phenoxy) is 1. The first-order valence-corrected chi connectivity index (χ1v) is 7.77. The topological polar surface area (TPSA) is 137 Å². The number of Topliss-reactive ketones (excluding diaryl/α,β-unsaturated/α-hetero) is 1. The average Bonchev–Trinajstić information content (AvgIpc) is 2.99. The molecule has 2 atom stereocenters. The molecular formula is C17H18O8. The van der Waals surface area contributed by atoms with E-state index in [-0.39, 0.29) is 40.4 Å². The van der Waals surface area contributed by atoms with Gasteiger partial charge in [-0.1, -0.05) is 0 Å². The number of fused-ring (bicyclic) bond motifs is 3. The minimum atomic E-state index is -1.38. The molecule has 1 aromatic carbocycles. The van der Waals surface area contributed by atoms with Crippen molar-refractivity contribution in [2.24, 2.45) is 0 Å². The van der Waals surface area contributed by atoms with Crippen LogP contribution in [0.3, 0.4) is 0 Å². The Morgan fingerprint density at radius 1 is 1.24 bits per heavy atom. The molecule has 0 amide bonds. The minimum absolute atomic E-state index is 0.0147. The number of aliphatic hydroxyl groups excluding tert-OH is 3. The fourth-order valence-corrected chi connectivity index (χ4v) is 3.37. The summed E-state index contributed by atoms with van der Waals surface area (Å²) < 4.78 is 10.5. The van der Waals surface area contributed by atoms with Crippen LogP contribution >= 0.6 is 0 Å². The van der Waals surface area contributed by atoms with Gasteiger partial charge in [0, 0.05) is 24.0 Å². The summed E-state index contributed by atoms with van der Waals surface area (Å²) in [6.45, 7) is -1.26. The average molecular weight is 350 g/mol. The molecule has 0 saturated carbocycles. The number of aromatic hydroxyl groups is 1. The molecule has 0 saturated heterocycles. The first-order valence-electron chi connectivity index (χ1n) is 7.77. The number of phenolic OH excluding ortho intramolecular Hbond substituents is 1. The van der Waals surface area contributed by atoms with Crippen LogP contribution in [0, 0.1) is 0 Å². The number of rotatable bonds is 5. The number of carbonyl (C=O) groups is 1. The summed E-state index contributed by atoms with van der Waals surface area (Å²) >= 11 is 0. The molecule has 8 heteroatoms. The highest BCUT2D eigenvalue weighted by Crippen LogP contribution is 2.43. The SMILES string of the molecule is COc1cc(O)c(C(CO)C(O)CO)c2oc(=O)c3c(c12)CCC3=O. The summed E-state index contributed by atoms with van der Waals surface area (Å²) in [6.07, 6.45) is -0.891. The van der Waals surface area contributed by atoms with E-state index >= 15 is 0 Å². The number of hydrogen-bond acceptors (Lipinski definition) is 8. The van der Waals surface area contributed by atoms with Crippen LogP contribution in [0.2, 0.25) is 0 Å². The van der Waals surface area contributed by atoms with Crippen LogP contribution in [0.25, 0.3) is 11.0 Å². The van der Waals surface area contributed by atoms with Crippen LogP contribution in [0.5, 0.6) is 11.5 Å². The van der Waals surface area contributed by atoms with E-state index in [1.54, 1.807) is 0 Å². The van der Waals surface area contributed by atoms with E-state index in [2.05, 4.69) is 0 Å². The maximum absolute atomic E-state index is 12.3. The van der Waals surface area contributed by atoms with Gasteiger partial charge in [-0.3, -0.25) is 4.79 Å². The Morgan fingerprint density at radius 3 is 2.56 bits per heavy atom. The molecule has 0 fully saturated rings. The van der Waals surface area contributed by atoms with E-state index in [4.69, 9.17) is 9.15 Å². The lowest BCUT2D eigenvalue weighted by Gasteiger charge is -2.22. The molecule has 2 aromatic rings. The van der Waals surface area contributed by atoms with E-state index in [0.717, 1.165) is 0 Å². The molecule has 134 valence electrons. The van der Waals surface area contributed by atoms with Crippen LogP contribution in [0.1, 0.15) is 33.8 Å². The number of aryl methyl sites for hydroxylation is 1. The molecule has 4 N–H and O–H groups in total. The Kier molecular flexibility index (Phi) is 4.51. The van der Waals surface area contributed by atoms with Crippen molar-refractivity contribution in [3.05, 3.63) is 33.2 Å². The van der Waals surface area contributed by atoms with Gasteiger partial charge in [0.2, 0.25) is 0 Å². The van der Waals surface area contributed by atoms with E-state index in [0.29, 0.717) is 17.4 Å². The summed E-state index contributed by atoms with van der Waals surface area (Å²) in [5.74, 6) is -1.56. The lowest BCUT2D eigenvalue weighted by atomic mass is 9.90. The van der Waals surface area contributed by atoms with Gasteiger partial charge >= 0.3 is 5.63 Å². The van der Waals surface area contributed by atoms with Gasteiger partial charge in [0.1, 0.15) is 22.6 Å². The Labute approximate surface area is 141 Å². The standard InChI is InChI=1S/C17H18O8/c1-24-12-4-10(21)13(8(5-18)11(22)6-19)16-15(12)7-2-3-9(20)14(7)17(23)25-16/h4,8,11,18-19,21-22H,2-3,5-6H2,1H3. The van der Waals surface area contributed by atoms with Crippen LogP contribution in [0.4, 0.5) is 0 Å². The highest BCUT2D eigenvalue weighted by molar-refractivity contribution is 6.06. The van der Waals surface area contributed by atoms with Crippen LogP contribution < -0.4 is 10.4 Å². The number of benzene rings is 1. The lowest BCUT2D eigenvalue weighted by Crippen LogP contribution is -2.26. The van der Waals surface area contributed by atoms with Gasteiger partial charge in [-0.05, 0) is 12.0 Å². The molecule has 8 nitrogen and oxygen atoms in total. The molecule has 0 aliphatic heterocycles. The third-order valence-corrected chi connectivity index (χ3v) is 4.58. The molecule has 0 spiro atoms. The second kappa shape index (κ2) is 6.47. The van der Waals surface area contributed by atoms with E-state index < -0.39 is 30.9 Å². The Balaban J connectivity index is 2.44. The molecule has 1 aromatic heterocycles. The zero-order valence-corrected chi connectivity index (χ0v) is 13.5. The molecular weight excluding hydrogens is 332 g/mol. The Hall–Kier alpha value is -2.42. The second-order valence-electron chi connectivity index (χ2n) is 5.92. The quantitative estimate of drug-likeness (QED) is 0.556. The fourth-order valence-electron chi connectivity index (χ4n) is 3.37. The summed E-state index contributed by atoms with van der Waals surface area (Å²) in [5.41, 5.74) is -0.495. The first-order chi connectivity index (χ1) is 11.9. The molecule has 1 aliphatic carbocycles. The predicted molar refractivity (Wildman–Crippen MR) is 86.3 cm³/mol. The zero-order chi connectivity index (χ0) is 18.3. The number of carbonyl (C=O) groups excluding carboxylic acids is 1. The predicted octanol–water partition coefficient (Wildman–Crippen LogP) is 0.0652. The van der Waals surface area contributed by atoms with Crippen molar-refractivity contribution in [1.82, 2.24) is 0 Å². The van der Waals surface area contributed by atoms with Crippen molar-refractivity contribution < 1.29 is 34.4 Å². The van der Waals surface area contributed by atoms with E-state index in [9.17, 15) is 30.0 Å². The fraction of sp³-hybridized carbons (Fsp3) is 0.412.